The van der Waals surface area contributed by atoms with E-state index >= 15 is 0 Å². The van der Waals surface area contributed by atoms with E-state index in [-0.39, 0.29) is 5.97 Å². The third-order valence-electron chi connectivity index (χ3n) is 2.72. The van der Waals surface area contributed by atoms with Crippen LogP contribution in [0.2, 0.25) is 0 Å². The van der Waals surface area contributed by atoms with Crippen LogP contribution in [0.1, 0.15) is 25.7 Å². The molecule has 1 aliphatic rings. The zero-order valence-electron chi connectivity index (χ0n) is 8.91. The molecule has 14 heavy (non-hydrogen) atoms. The number of carbonyl (C=O) groups excluding carboxylic acids is 1. The smallest absolute Gasteiger partial charge is 0.319 e. The minimum atomic E-state index is -0.204. The van der Waals surface area contributed by atoms with Crippen LogP contribution in [0, 0.1) is 0 Å². The molecule has 1 fully saturated rings. The largest absolute Gasteiger partial charge is 0.468 e. The van der Waals surface area contributed by atoms with Crippen molar-refractivity contribution >= 4 is 5.97 Å². The van der Waals surface area contributed by atoms with Gasteiger partial charge < -0.3 is 14.8 Å². The number of hydrogen-bond acceptors (Lipinski definition) is 4. The fourth-order valence-electron chi connectivity index (χ4n) is 1.84. The summed E-state index contributed by atoms with van der Waals surface area (Å²) in [5.74, 6) is -0.204. The van der Waals surface area contributed by atoms with E-state index in [1.54, 1.807) is 7.11 Å². The highest BCUT2D eigenvalue weighted by Crippen LogP contribution is 2.20. The third kappa shape index (κ3) is 3.64. The number of rotatable bonds is 4. The van der Waals surface area contributed by atoms with Gasteiger partial charge in [0.05, 0.1) is 19.8 Å². The normalized spacial score (nSPS) is 27.3. The van der Waals surface area contributed by atoms with E-state index in [0.29, 0.717) is 18.7 Å². The number of esters is 1. The van der Waals surface area contributed by atoms with Gasteiger partial charge >= 0.3 is 5.97 Å². The van der Waals surface area contributed by atoms with E-state index in [9.17, 15) is 4.79 Å². The van der Waals surface area contributed by atoms with Crippen molar-refractivity contribution in [1.82, 2.24) is 5.32 Å². The first-order valence-electron chi connectivity index (χ1n) is 5.09. The Bertz CT molecular complexity index is 184. The minimum absolute atomic E-state index is 0.204. The second-order valence-electron chi connectivity index (χ2n) is 3.68. The van der Waals surface area contributed by atoms with Crippen molar-refractivity contribution in [3.8, 4) is 0 Å². The Labute approximate surface area is 85.0 Å². The Kier molecular flexibility index (Phi) is 4.90. The second-order valence-corrected chi connectivity index (χ2v) is 3.68. The first kappa shape index (κ1) is 11.5. The van der Waals surface area contributed by atoms with Crippen molar-refractivity contribution < 1.29 is 14.3 Å². The van der Waals surface area contributed by atoms with Crippen molar-refractivity contribution in [1.29, 1.82) is 0 Å². The molecule has 0 aromatic heterocycles. The summed E-state index contributed by atoms with van der Waals surface area (Å²) >= 11 is 0. The standard InChI is InChI=1S/C10H19NO3/c1-13-9-5-3-4-8(6-9)11-7-10(12)14-2/h8-9,11H,3-7H2,1-2H3. The molecule has 0 aromatic carbocycles. The summed E-state index contributed by atoms with van der Waals surface area (Å²) < 4.78 is 9.86. The van der Waals surface area contributed by atoms with Crippen LogP contribution in [-0.4, -0.2) is 38.9 Å². The van der Waals surface area contributed by atoms with Gasteiger partial charge in [-0.2, -0.15) is 0 Å². The lowest BCUT2D eigenvalue weighted by molar-refractivity contribution is -0.139. The minimum Gasteiger partial charge on any atom is -0.468 e. The van der Waals surface area contributed by atoms with E-state index in [4.69, 9.17) is 4.74 Å². The molecule has 1 saturated carbocycles. The molecule has 0 saturated heterocycles. The number of hydrogen-bond donors (Lipinski definition) is 1. The molecule has 4 nitrogen and oxygen atoms in total. The van der Waals surface area contributed by atoms with Gasteiger partial charge in [0.2, 0.25) is 0 Å². The number of ether oxygens (including phenoxy) is 2. The van der Waals surface area contributed by atoms with Crippen LogP contribution < -0.4 is 5.32 Å². The van der Waals surface area contributed by atoms with Gasteiger partial charge in [-0.3, -0.25) is 4.79 Å². The van der Waals surface area contributed by atoms with Crippen LogP contribution in [0.3, 0.4) is 0 Å². The fraction of sp³-hybridized carbons (Fsp3) is 0.900. The zero-order chi connectivity index (χ0) is 10.4. The summed E-state index contributed by atoms with van der Waals surface area (Å²) in [6.45, 7) is 0.303. The highest BCUT2D eigenvalue weighted by atomic mass is 16.5. The Hall–Kier alpha value is -0.610. The first-order chi connectivity index (χ1) is 6.76. The van der Waals surface area contributed by atoms with Gasteiger partial charge in [-0.15, -0.1) is 0 Å². The van der Waals surface area contributed by atoms with E-state index in [0.717, 1.165) is 25.7 Å². The average molecular weight is 201 g/mol. The average Bonchev–Trinajstić information content (AvgIpc) is 2.26. The molecular formula is C10H19NO3. The molecule has 0 aromatic rings. The summed E-state index contributed by atoms with van der Waals surface area (Å²) in [5.41, 5.74) is 0. The molecule has 2 unspecified atom stereocenters. The maximum atomic E-state index is 10.9. The highest BCUT2D eigenvalue weighted by Gasteiger charge is 2.21. The SMILES string of the molecule is COC(=O)CNC1CCCC(OC)C1. The quantitative estimate of drug-likeness (QED) is 0.680. The van der Waals surface area contributed by atoms with Gasteiger partial charge in [0.1, 0.15) is 0 Å². The van der Waals surface area contributed by atoms with Gasteiger partial charge in [-0.05, 0) is 25.7 Å². The van der Waals surface area contributed by atoms with Crippen molar-refractivity contribution in [2.24, 2.45) is 0 Å². The van der Waals surface area contributed by atoms with Crippen LogP contribution in [0.5, 0.6) is 0 Å². The zero-order valence-corrected chi connectivity index (χ0v) is 8.91. The molecule has 4 heteroatoms. The Morgan fingerprint density at radius 2 is 2.21 bits per heavy atom. The molecule has 1 N–H and O–H groups in total. The molecule has 0 aliphatic heterocycles. The van der Waals surface area contributed by atoms with Crippen LogP contribution in [0.15, 0.2) is 0 Å². The van der Waals surface area contributed by atoms with E-state index in [1.807, 2.05) is 0 Å². The number of nitrogens with one attached hydrogen (secondary N) is 1. The Morgan fingerprint density at radius 3 is 2.86 bits per heavy atom. The van der Waals surface area contributed by atoms with E-state index in [2.05, 4.69) is 10.1 Å². The summed E-state index contributed by atoms with van der Waals surface area (Å²) in [6.07, 6.45) is 4.76. The predicted molar refractivity (Wildman–Crippen MR) is 53.1 cm³/mol. The summed E-state index contributed by atoms with van der Waals surface area (Å²) in [6, 6.07) is 0.396. The van der Waals surface area contributed by atoms with E-state index in [1.165, 1.54) is 7.11 Å². The van der Waals surface area contributed by atoms with Crippen molar-refractivity contribution in [3.63, 3.8) is 0 Å². The number of carbonyl (C=O) groups is 1. The fourth-order valence-corrected chi connectivity index (χ4v) is 1.84. The van der Waals surface area contributed by atoms with Crippen LogP contribution in [-0.2, 0) is 14.3 Å². The number of methoxy groups -OCH3 is 2. The molecule has 0 amide bonds. The predicted octanol–water partition coefficient (Wildman–Crippen LogP) is 0.707. The molecule has 0 radical (unpaired) electrons. The topological polar surface area (TPSA) is 47.6 Å². The molecule has 1 aliphatic carbocycles. The lowest BCUT2D eigenvalue weighted by Gasteiger charge is -2.28. The monoisotopic (exact) mass is 201 g/mol. The third-order valence-corrected chi connectivity index (χ3v) is 2.72. The van der Waals surface area contributed by atoms with Gasteiger partial charge in [0, 0.05) is 13.2 Å². The Morgan fingerprint density at radius 1 is 1.43 bits per heavy atom. The molecule has 0 bridgehead atoms. The molecular weight excluding hydrogens is 182 g/mol. The van der Waals surface area contributed by atoms with Gasteiger partial charge in [-0.25, -0.2) is 0 Å². The van der Waals surface area contributed by atoms with Gasteiger partial charge in [-0.1, -0.05) is 0 Å². The molecule has 82 valence electrons. The van der Waals surface area contributed by atoms with Gasteiger partial charge in [0.15, 0.2) is 0 Å². The maximum Gasteiger partial charge on any atom is 0.319 e. The second kappa shape index (κ2) is 5.98. The lowest BCUT2D eigenvalue weighted by Crippen LogP contribution is -2.39. The molecule has 0 heterocycles. The highest BCUT2D eigenvalue weighted by molar-refractivity contribution is 5.71. The molecule has 0 spiro atoms. The molecule has 2 atom stereocenters. The maximum absolute atomic E-state index is 10.9. The van der Waals surface area contributed by atoms with Crippen LogP contribution in [0.25, 0.3) is 0 Å². The first-order valence-corrected chi connectivity index (χ1v) is 5.09. The molecule has 1 rings (SSSR count). The van der Waals surface area contributed by atoms with E-state index < -0.39 is 0 Å². The summed E-state index contributed by atoms with van der Waals surface area (Å²) in [4.78, 5) is 10.9. The summed E-state index contributed by atoms with van der Waals surface area (Å²) in [5, 5.41) is 3.18. The van der Waals surface area contributed by atoms with Crippen molar-refractivity contribution in [2.75, 3.05) is 20.8 Å². The van der Waals surface area contributed by atoms with Crippen molar-refractivity contribution in [3.05, 3.63) is 0 Å². The van der Waals surface area contributed by atoms with Gasteiger partial charge in [0.25, 0.3) is 0 Å². The Balaban J connectivity index is 2.20. The van der Waals surface area contributed by atoms with Crippen LogP contribution >= 0.6 is 0 Å². The summed E-state index contributed by atoms with van der Waals surface area (Å²) in [7, 11) is 3.15. The van der Waals surface area contributed by atoms with Crippen molar-refractivity contribution in [2.45, 2.75) is 37.8 Å². The lowest BCUT2D eigenvalue weighted by atomic mass is 9.93. The van der Waals surface area contributed by atoms with Crippen LogP contribution in [0.4, 0.5) is 0 Å².